The fourth-order valence-corrected chi connectivity index (χ4v) is 8.41. The van der Waals surface area contributed by atoms with E-state index in [0.29, 0.717) is 19.3 Å². The Morgan fingerprint density at radius 1 is 0.310 bits per heavy atom. The van der Waals surface area contributed by atoms with Crippen molar-refractivity contribution in [3.8, 4) is 0 Å². The molecule has 0 aromatic heterocycles. The Balaban J connectivity index is 4.47. The Kier molecular flexibility index (Phi) is 56.3. The molecule has 6 nitrogen and oxygen atoms in total. The fourth-order valence-electron chi connectivity index (χ4n) is 8.41. The van der Waals surface area contributed by atoms with Crippen molar-refractivity contribution >= 4 is 17.9 Å². The van der Waals surface area contributed by atoms with Crippen LogP contribution in [0.25, 0.3) is 0 Å². The zero-order valence-electron chi connectivity index (χ0n) is 46.7. The van der Waals surface area contributed by atoms with Gasteiger partial charge in [-0.05, 0) is 83.5 Å². The summed E-state index contributed by atoms with van der Waals surface area (Å²) in [5, 5.41) is 0. The molecule has 0 amide bonds. The molecule has 1 unspecified atom stereocenters. The molecule has 0 saturated carbocycles. The number of rotatable bonds is 54. The minimum atomic E-state index is -0.805. The van der Waals surface area contributed by atoms with Crippen molar-refractivity contribution in [1.29, 1.82) is 0 Å². The third kappa shape index (κ3) is 57.4. The predicted octanol–water partition coefficient (Wildman–Crippen LogP) is 20.3. The minimum Gasteiger partial charge on any atom is -0.462 e. The second-order valence-corrected chi connectivity index (χ2v) is 19.9. The Morgan fingerprint density at radius 3 is 0.986 bits per heavy atom. The number of esters is 3. The van der Waals surface area contributed by atoms with Gasteiger partial charge in [-0.2, -0.15) is 0 Å². The normalized spacial score (nSPS) is 12.7. The highest BCUT2D eigenvalue weighted by molar-refractivity contribution is 5.71. The number of unbranched alkanes of at least 4 members (excludes halogenated alkanes) is 30. The second kappa shape index (κ2) is 59.2. The van der Waals surface area contributed by atoms with Crippen LogP contribution in [0.3, 0.4) is 0 Å². The SMILES string of the molecule is CC/C=C\C/C=C\C/C=C\C/C=C\C/C=C\CCCC(=O)OCC(COC(=O)CCCCCCC/C=C\C=C/CCCCCCCCC)OC(=O)CCCCCCCCCCCCCCCCCCCC. The van der Waals surface area contributed by atoms with Crippen molar-refractivity contribution in [2.75, 3.05) is 13.2 Å². The molecule has 0 spiro atoms. The smallest absolute Gasteiger partial charge is 0.306 e. The maximum atomic E-state index is 12.9. The monoisotopic (exact) mass is 989 g/mol. The quantitative estimate of drug-likeness (QED) is 0.0199. The summed E-state index contributed by atoms with van der Waals surface area (Å²) >= 11 is 0. The summed E-state index contributed by atoms with van der Waals surface area (Å²) in [5.74, 6) is -0.963. The van der Waals surface area contributed by atoms with Gasteiger partial charge in [-0.25, -0.2) is 0 Å². The van der Waals surface area contributed by atoms with Gasteiger partial charge in [-0.1, -0.05) is 273 Å². The van der Waals surface area contributed by atoms with Crippen LogP contribution >= 0.6 is 0 Å². The van der Waals surface area contributed by atoms with Gasteiger partial charge < -0.3 is 14.2 Å². The molecule has 0 aliphatic heterocycles. The molecule has 0 rings (SSSR count). The second-order valence-electron chi connectivity index (χ2n) is 19.9. The predicted molar refractivity (Wildman–Crippen MR) is 307 cm³/mol. The molecule has 6 heteroatoms. The van der Waals surface area contributed by atoms with E-state index in [4.69, 9.17) is 14.2 Å². The van der Waals surface area contributed by atoms with Crippen molar-refractivity contribution in [2.45, 2.75) is 297 Å². The number of carbonyl (C=O) groups is 3. The molecule has 408 valence electrons. The van der Waals surface area contributed by atoms with E-state index in [1.807, 2.05) is 0 Å². The van der Waals surface area contributed by atoms with Crippen LogP contribution < -0.4 is 0 Å². The number of ether oxygens (including phenoxy) is 3. The van der Waals surface area contributed by atoms with Gasteiger partial charge in [-0.3, -0.25) is 14.4 Å². The fraction of sp³-hybridized carbons (Fsp3) is 0.738. The molecule has 0 aliphatic rings. The van der Waals surface area contributed by atoms with Gasteiger partial charge in [0.1, 0.15) is 13.2 Å². The number of hydrogen-bond acceptors (Lipinski definition) is 6. The van der Waals surface area contributed by atoms with E-state index in [9.17, 15) is 14.4 Å². The summed E-state index contributed by atoms with van der Waals surface area (Å²) in [5.41, 5.74) is 0. The summed E-state index contributed by atoms with van der Waals surface area (Å²) < 4.78 is 16.8. The summed E-state index contributed by atoms with van der Waals surface area (Å²) in [6.45, 7) is 6.49. The van der Waals surface area contributed by atoms with E-state index in [2.05, 4.69) is 106 Å². The summed E-state index contributed by atoms with van der Waals surface area (Å²) in [6, 6.07) is 0. The van der Waals surface area contributed by atoms with E-state index in [-0.39, 0.29) is 37.5 Å². The Hall–Kier alpha value is -3.41. The van der Waals surface area contributed by atoms with Gasteiger partial charge in [0.05, 0.1) is 0 Å². The highest BCUT2D eigenvalue weighted by atomic mass is 16.6. The lowest BCUT2D eigenvalue weighted by Crippen LogP contribution is -2.30. The first kappa shape index (κ1) is 67.6. The van der Waals surface area contributed by atoms with Crippen LogP contribution in [0.15, 0.2) is 85.1 Å². The van der Waals surface area contributed by atoms with Gasteiger partial charge in [0.25, 0.3) is 0 Å². The van der Waals surface area contributed by atoms with Gasteiger partial charge in [-0.15, -0.1) is 0 Å². The summed E-state index contributed by atoms with van der Waals surface area (Å²) in [6.07, 6.45) is 77.3. The average Bonchev–Trinajstić information content (AvgIpc) is 3.37. The largest absolute Gasteiger partial charge is 0.462 e. The number of allylic oxidation sites excluding steroid dienone is 14. The third-order valence-electron chi connectivity index (χ3n) is 12.9. The van der Waals surface area contributed by atoms with Gasteiger partial charge in [0, 0.05) is 19.3 Å². The van der Waals surface area contributed by atoms with Gasteiger partial charge >= 0.3 is 17.9 Å². The molecule has 0 radical (unpaired) electrons. The molecule has 0 saturated heterocycles. The molecule has 0 bridgehead atoms. The van der Waals surface area contributed by atoms with Crippen molar-refractivity contribution in [1.82, 2.24) is 0 Å². The van der Waals surface area contributed by atoms with Crippen LogP contribution in [0.5, 0.6) is 0 Å². The molecular weight excluding hydrogens is 877 g/mol. The van der Waals surface area contributed by atoms with E-state index in [1.54, 1.807) is 0 Å². The zero-order chi connectivity index (χ0) is 51.4. The molecule has 0 fully saturated rings. The number of hydrogen-bond donors (Lipinski definition) is 0. The Labute approximate surface area is 439 Å². The highest BCUT2D eigenvalue weighted by Gasteiger charge is 2.19. The van der Waals surface area contributed by atoms with Gasteiger partial charge in [0.2, 0.25) is 0 Å². The van der Waals surface area contributed by atoms with E-state index in [0.717, 1.165) is 96.3 Å². The van der Waals surface area contributed by atoms with Crippen LogP contribution in [0.4, 0.5) is 0 Å². The first-order valence-electron chi connectivity index (χ1n) is 30.1. The molecular formula is C65H112O6. The zero-order valence-corrected chi connectivity index (χ0v) is 46.7. The first-order chi connectivity index (χ1) is 35.0. The molecule has 0 heterocycles. The minimum absolute atomic E-state index is 0.100. The molecule has 0 aromatic carbocycles. The standard InChI is InChI=1S/C65H112O6/c1-4-7-10-13-16-19-22-25-28-31-34-37-40-43-46-49-52-55-58-64(67)70-61-62(60-69-63(66)57-54-51-48-45-42-39-36-33-30-27-24-21-18-15-12-9-6-3)71-65(68)59-56-53-50-47-44-41-38-35-32-29-26-23-20-17-14-11-8-5-2/h9,12,18,21,27-28,30-31,34,36-37,39,45,48,62H,4-8,10-11,13-17,19-20,22-26,29,32-33,35,38,40-44,46-47,49-61H2,1-3H3/b12-9-,21-18-,30-27-,31-28-,37-34-,39-36-,48-45-. The van der Waals surface area contributed by atoms with Crippen molar-refractivity contribution in [3.63, 3.8) is 0 Å². The lowest BCUT2D eigenvalue weighted by molar-refractivity contribution is -0.167. The maximum absolute atomic E-state index is 12.9. The Morgan fingerprint density at radius 2 is 0.606 bits per heavy atom. The van der Waals surface area contributed by atoms with Crippen LogP contribution in [-0.2, 0) is 28.6 Å². The Bertz CT molecular complexity index is 1370. The molecule has 0 aliphatic carbocycles. The van der Waals surface area contributed by atoms with E-state index < -0.39 is 6.10 Å². The summed E-state index contributed by atoms with van der Waals surface area (Å²) in [4.78, 5) is 38.2. The van der Waals surface area contributed by atoms with Crippen LogP contribution in [-0.4, -0.2) is 37.2 Å². The van der Waals surface area contributed by atoms with Crippen LogP contribution in [0.1, 0.15) is 290 Å². The maximum Gasteiger partial charge on any atom is 0.306 e. The van der Waals surface area contributed by atoms with Crippen molar-refractivity contribution in [3.05, 3.63) is 85.1 Å². The molecule has 0 aromatic rings. The lowest BCUT2D eigenvalue weighted by atomic mass is 10.0. The van der Waals surface area contributed by atoms with E-state index >= 15 is 0 Å². The van der Waals surface area contributed by atoms with Crippen LogP contribution in [0, 0.1) is 0 Å². The molecule has 0 N–H and O–H groups in total. The van der Waals surface area contributed by atoms with Crippen molar-refractivity contribution < 1.29 is 28.6 Å². The third-order valence-corrected chi connectivity index (χ3v) is 12.9. The highest BCUT2D eigenvalue weighted by Crippen LogP contribution is 2.16. The lowest BCUT2D eigenvalue weighted by Gasteiger charge is -2.18. The first-order valence-corrected chi connectivity index (χ1v) is 30.1. The van der Waals surface area contributed by atoms with Crippen molar-refractivity contribution in [2.24, 2.45) is 0 Å². The average molecular weight is 990 g/mol. The summed E-state index contributed by atoms with van der Waals surface area (Å²) in [7, 11) is 0. The van der Waals surface area contributed by atoms with Crippen LogP contribution in [0.2, 0.25) is 0 Å². The topological polar surface area (TPSA) is 78.9 Å². The van der Waals surface area contributed by atoms with Gasteiger partial charge in [0.15, 0.2) is 6.10 Å². The van der Waals surface area contributed by atoms with E-state index in [1.165, 1.54) is 148 Å². The molecule has 71 heavy (non-hydrogen) atoms. The number of carbonyl (C=O) groups excluding carboxylic acids is 3. The molecule has 1 atom stereocenters.